The first-order valence-corrected chi connectivity index (χ1v) is 12.6. The number of ether oxygens (including phenoxy) is 2. The van der Waals surface area contributed by atoms with Crippen LogP contribution in [0.25, 0.3) is 0 Å². The predicted octanol–water partition coefficient (Wildman–Crippen LogP) is 6.74. The Morgan fingerprint density at radius 1 is 1.05 bits per heavy atom. The molecule has 3 atom stereocenters. The number of amides is 1. The molecule has 1 fully saturated rings. The van der Waals surface area contributed by atoms with E-state index in [2.05, 4.69) is 38.3 Å². The number of rotatable bonds is 8. The molecular weight excluding hydrogens is 502 g/mol. The number of nitrogens with one attached hydrogen (secondary N) is 2. The van der Waals surface area contributed by atoms with Crippen molar-refractivity contribution in [1.82, 2.24) is 10.6 Å². The van der Waals surface area contributed by atoms with Gasteiger partial charge in [0.1, 0.15) is 0 Å². The van der Waals surface area contributed by atoms with E-state index in [9.17, 15) is 31.1 Å². The number of carbonyl (C=O) groups is 1. The molecule has 0 radical (unpaired) electrons. The third kappa shape index (κ3) is 14.6. The molecule has 11 heteroatoms. The maximum atomic E-state index is 12.5. The Labute approximate surface area is 216 Å². The highest BCUT2D eigenvalue weighted by atomic mass is 19.4. The summed E-state index contributed by atoms with van der Waals surface area (Å²) in [6, 6.07) is 2.30. The normalized spacial score (nSPS) is 18.6. The monoisotopic (exact) mass is 544 g/mol. The van der Waals surface area contributed by atoms with Crippen LogP contribution in [-0.2, 0) is 33.2 Å². The van der Waals surface area contributed by atoms with Gasteiger partial charge in [-0.05, 0) is 43.0 Å². The van der Waals surface area contributed by atoms with Crippen molar-refractivity contribution in [2.45, 2.75) is 104 Å². The Hall–Kier alpha value is -1.85. The molecule has 0 aromatic heterocycles. The smallest absolute Gasteiger partial charge is 0.379 e. The molecule has 0 spiro atoms. The lowest BCUT2D eigenvalue weighted by atomic mass is 10.0. The van der Waals surface area contributed by atoms with Crippen molar-refractivity contribution in [3.05, 3.63) is 34.9 Å². The number of benzene rings is 1. The molecule has 1 aromatic rings. The van der Waals surface area contributed by atoms with E-state index in [-0.39, 0.29) is 17.7 Å². The average molecular weight is 545 g/mol. The van der Waals surface area contributed by atoms with Gasteiger partial charge < -0.3 is 20.1 Å². The van der Waals surface area contributed by atoms with Gasteiger partial charge in [-0.2, -0.15) is 26.3 Å². The van der Waals surface area contributed by atoms with Crippen molar-refractivity contribution in [2.24, 2.45) is 0 Å². The first kappa shape index (κ1) is 35.2. The van der Waals surface area contributed by atoms with Gasteiger partial charge in [0, 0.05) is 39.3 Å². The zero-order chi connectivity index (χ0) is 28.6. The van der Waals surface area contributed by atoms with Crippen LogP contribution in [0.5, 0.6) is 0 Å². The summed E-state index contributed by atoms with van der Waals surface area (Å²) in [5.41, 5.74) is -3.07. The van der Waals surface area contributed by atoms with Gasteiger partial charge >= 0.3 is 12.4 Å². The lowest BCUT2D eigenvalue weighted by Gasteiger charge is -2.34. The quantitative estimate of drug-likeness (QED) is 0.356. The van der Waals surface area contributed by atoms with Crippen LogP contribution in [0.4, 0.5) is 26.3 Å². The van der Waals surface area contributed by atoms with Gasteiger partial charge in [-0.25, -0.2) is 0 Å². The van der Waals surface area contributed by atoms with Crippen molar-refractivity contribution >= 4 is 5.91 Å². The van der Waals surface area contributed by atoms with Crippen LogP contribution in [0, 0.1) is 0 Å². The lowest BCUT2D eigenvalue weighted by molar-refractivity contribution is -0.143. The average Bonchev–Trinajstić information content (AvgIpc) is 2.82. The van der Waals surface area contributed by atoms with E-state index in [1.165, 1.54) is 25.7 Å². The van der Waals surface area contributed by atoms with Gasteiger partial charge in [-0.3, -0.25) is 4.79 Å². The summed E-state index contributed by atoms with van der Waals surface area (Å²) in [7, 11) is 1.77. The predicted molar refractivity (Wildman–Crippen MR) is 132 cm³/mol. The van der Waals surface area contributed by atoms with Gasteiger partial charge in [0.15, 0.2) is 0 Å². The lowest BCUT2D eigenvalue weighted by Crippen LogP contribution is -2.50. The molecule has 0 bridgehead atoms. The van der Waals surface area contributed by atoms with Crippen LogP contribution in [0.2, 0.25) is 0 Å². The van der Waals surface area contributed by atoms with E-state index in [0.717, 1.165) is 26.6 Å². The Bertz CT molecular complexity index is 739. The molecule has 1 heterocycles. The third-order valence-electron chi connectivity index (χ3n) is 5.38. The Morgan fingerprint density at radius 3 is 2.00 bits per heavy atom. The highest BCUT2D eigenvalue weighted by Crippen LogP contribution is 2.36. The van der Waals surface area contributed by atoms with Crippen LogP contribution in [-0.4, -0.2) is 44.4 Å². The molecular formula is C26H42F6N2O3. The first-order valence-electron chi connectivity index (χ1n) is 12.6. The number of hydrogen-bond donors (Lipinski definition) is 2. The van der Waals surface area contributed by atoms with Crippen molar-refractivity contribution < 1.29 is 40.6 Å². The fourth-order valence-electron chi connectivity index (χ4n) is 3.54. The van der Waals surface area contributed by atoms with Gasteiger partial charge in [-0.1, -0.05) is 40.5 Å². The number of alkyl halides is 6. The summed E-state index contributed by atoms with van der Waals surface area (Å²) in [6.07, 6.45) is -3.53. The van der Waals surface area contributed by atoms with E-state index < -0.39 is 35.9 Å². The van der Waals surface area contributed by atoms with Gasteiger partial charge in [0.05, 0.1) is 23.8 Å². The molecule has 37 heavy (non-hydrogen) atoms. The van der Waals surface area contributed by atoms with Crippen LogP contribution >= 0.6 is 0 Å². The molecule has 1 aliphatic rings. The molecule has 2 rings (SSSR count). The molecule has 0 aliphatic carbocycles. The third-order valence-corrected chi connectivity index (χ3v) is 5.38. The number of methoxy groups -OCH3 is 1. The van der Waals surface area contributed by atoms with Crippen LogP contribution in [0.1, 0.15) is 83.4 Å². The van der Waals surface area contributed by atoms with Crippen molar-refractivity contribution in [1.29, 1.82) is 0 Å². The summed E-state index contributed by atoms with van der Waals surface area (Å²) in [5.74, 6) is -0.550. The molecule has 0 saturated carbocycles. The zero-order valence-corrected chi connectivity index (χ0v) is 22.6. The highest BCUT2D eigenvalue weighted by Gasteiger charge is 2.36. The van der Waals surface area contributed by atoms with Gasteiger partial charge in [0.2, 0.25) is 5.91 Å². The second-order valence-corrected chi connectivity index (χ2v) is 8.84. The number of hydrogen-bond acceptors (Lipinski definition) is 4. The molecule has 1 saturated heterocycles. The molecule has 3 unspecified atom stereocenters. The maximum absolute atomic E-state index is 12.5. The molecule has 5 nitrogen and oxygen atoms in total. The molecule has 1 aliphatic heterocycles. The van der Waals surface area contributed by atoms with E-state index in [1.807, 2.05) is 0 Å². The summed E-state index contributed by atoms with van der Waals surface area (Å²) in [4.78, 5) is 10.6. The summed E-state index contributed by atoms with van der Waals surface area (Å²) in [6.45, 7) is 11.0. The van der Waals surface area contributed by atoms with Crippen molar-refractivity contribution in [3.8, 4) is 0 Å². The maximum Gasteiger partial charge on any atom is 0.416 e. The van der Waals surface area contributed by atoms with E-state index in [0.29, 0.717) is 24.2 Å². The minimum absolute atomic E-state index is 0.0390. The number of carbonyl (C=O) groups excluding carboxylic acids is 1. The molecule has 1 amide bonds. The molecule has 1 aromatic carbocycles. The SMILES string of the molecule is CC(=O)NCc1cc(C(F)(F)F)cc(C(F)(F)F)c1.CCC.CCCC(CC)NC1CCOCC1OC. The summed E-state index contributed by atoms with van der Waals surface area (Å²) in [5, 5.41) is 5.85. The highest BCUT2D eigenvalue weighted by molar-refractivity contribution is 5.72. The summed E-state index contributed by atoms with van der Waals surface area (Å²) >= 11 is 0. The molecule has 216 valence electrons. The molecule has 2 N–H and O–H groups in total. The summed E-state index contributed by atoms with van der Waals surface area (Å²) < 4.78 is 85.7. The van der Waals surface area contributed by atoms with Crippen LogP contribution < -0.4 is 10.6 Å². The van der Waals surface area contributed by atoms with Crippen molar-refractivity contribution in [2.75, 3.05) is 20.3 Å². The van der Waals surface area contributed by atoms with E-state index in [1.54, 1.807) is 7.11 Å². The van der Waals surface area contributed by atoms with Gasteiger partial charge in [-0.15, -0.1) is 0 Å². The first-order chi connectivity index (χ1) is 17.2. The van der Waals surface area contributed by atoms with Gasteiger partial charge in [0.25, 0.3) is 0 Å². The van der Waals surface area contributed by atoms with Crippen LogP contribution in [0.15, 0.2) is 18.2 Å². The van der Waals surface area contributed by atoms with E-state index in [4.69, 9.17) is 9.47 Å². The Morgan fingerprint density at radius 2 is 1.59 bits per heavy atom. The van der Waals surface area contributed by atoms with Crippen LogP contribution in [0.3, 0.4) is 0 Å². The fourth-order valence-corrected chi connectivity index (χ4v) is 3.54. The fraction of sp³-hybridized carbons (Fsp3) is 0.731. The minimum atomic E-state index is -4.88. The zero-order valence-electron chi connectivity index (χ0n) is 22.6. The largest absolute Gasteiger partial charge is 0.416 e. The second kappa shape index (κ2) is 17.6. The Balaban J connectivity index is 0.000000647. The second-order valence-electron chi connectivity index (χ2n) is 8.84. The Kier molecular flexibility index (Phi) is 16.7. The minimum Gasteiger partial charge on any atom is -0.379 e. The standard InChI is InChI=1S/C12H25NO2.C11H9F6NO.C3H8/c1-4-6-10(5-2)13-11-7-8-15-9-12(11)14-3;1-6(19)18-5-7-2-8(10(12,13)14)4-9(3-7)11(15,16)17;1-3-2/h10-13H,4-9H2,1-3H3;2-4H,5H2,1H3,(H,18,19);3H2,1-2H3. The topological polar surface area (TPSA) is 59.6 Å². The van der Waals surface area contributed by atoms with Crippen molar-refractivity contribution in [3.63, 3.8) is 0 Å². The number of halogens is 6. The van der Waals surface area contributed by atoms with E-state index >= 15 is 0 Å².